The van der Waals surface area contributed by atoms with Gasteiger partial charge in [-0.25, -0.2) is 31.8 Å². The summed E-state index contributed by atoms with van der Waals surface area (Å²) in [6.07, 6.45) is -7.42. The molecule has 1 aromatic heterocycles. The molecule has 3 aromatic carbocycles. The molecule has 0 unspecified atom stereocenters. The molecule has 4 aromatic rings. The summed E-state index contributed by atoms with van der Waals surface area (Å²) in [7, 11) is -4.60. The molecule has 3 heterocycles. The van der Waals surface area contributed by atoms with E-state index in [1.165, 1.54) is 47.2 Å². The molecular weight excluding hydrogens is 799 g/mol. The van der Waals surface area contributed by atoms with Crippen molar-refractivity contribution >= 4 is 55.5 Å². The third kappa shape index (κ3) is 10.2. The van der Waals surface area contributed by atoms with Crippen molar-refractivity contribution in [3.8, 4) is 5.75 Å². The topological polar surface area (TPSA) is 212 Å². The number of alkyl halides is 2. The number of aromatic nitrogens is 1. The predicted molar refractivity (Wildman–Crippen MR) is 195 cm³/mol. The summed E-state index contributed by atoms with van der Waals surface area (Å²) in [6, 6.07) is 16.2. The first-order valence-corrected chi connectivity index (χ1v) is 19.7. The number of rotatable bonds is 16. The number of sulfonamides is 1. The quantitative estimate of drug-likeness (QED) is 0.0513. The molecule has 2 aliphatic rings. The Bertz CT molecular complexity index is 2180. The first-order valence-electron chi connectivity index (χ1n) is 17.4. The van der Waals surface area contributed by atoms with E-state index >= 15 is 0 Å². The molecule has 1 amide bonds. The van der Waals surface area contributed by atoms with Crippen LogP contribution in [0.25, 0.3) is 10.2 Å². The van der Waals surface area contributed by atoms with E-state index in [1.807, 2.05) is 0 Å². The maximum Gasteiger partial charge on any atom is 0.514 e. The molecular formula is C36H36F2N4O13S2. The van der Waals surface area contributed by atoms with Crippen LogP contribution in [0.4, 0.5) is 24.1 Å². The number of carbonyl (C=O) groups excluding carboxylic acids is 3. The zero-order valence-electron chi connectivity index (χ0n) is 30.1. The molecule has 1 N–H and O–H groups in total. The van der Waals surface area contributed by atoms with Crippen LogP contribution in [0.2, 0.25) is 0 Å². The second-order valence-electron chi connectivity index (χ2n) is 13.0. The van der Waals surface area contributed by atoms with Gasteiger partial charge in [-0.15, -0.1) is 11.3 Å². The lowest BCUT2D eigenvalue weighted by Crippen LogP contribution is -2.53. The lowest BCUT2D eigenvalue weighted by atomic mass is 9.95. The van der Waals surface area contributed by atoms with Gasteiger partial charge < -0.3 is 33.7 Å². The lowest BCUT2D eigenvalue weighted by Gasteiger charge is -2.32. The number of alkyl carbamates (subject to hydrolysis) is 1. The molecule has 5 atom stereocenters. The van der Waals surface area contributed by atoms with E-state index in [4.69, 9.17) is 28.4 Å². The van der Waals surface area contributed by atoms with Crippen molar-refractivity contribution in [3.05, 3.63) is 94.0 Å². The summed E-state index contributed by atoms with van der Waals surface area (Å²) >= 11 is 1.17. The molecule has 0 saturated carbocycles. The second-order valence-corrected chi connectivity index (χ2v) is 15.8. The number of hydrogen-bond donors (Lipinski definition) is 1. The Morgan fingerprint density at radius 2 is 1.84 bits per heavy atom. The number of benzene rings is 3. The van der Waals surface area contributed by atoms with E-state index in [1.54, 1.807) is 30.3 Å². The Kier molecular flexibility index (Phi) is 12.9. The molecule has 2 fully saturated rings. The van der Waals surface area contributed by atoms with Crippen molar-refractivity contribution in [2.75, 3.05) is 32.9 Å². The third-order valence-electron chi connectivity index (χ3n) is 9.21. The first-order chi connectivity index (χ1) is 27.2. The predicted octanol–water partition coefficient (Wildman–Crippen LogP) is 5.08. The number of halogens is 2. The number of ether oxygens (including phenoxy) is 6. The van der Waals surface area contributed by atoms with Gasteiger partial charge in [0.05, 0.1) is 63.8 Å². The molecule has 2 saturated heterocycles. The van der Waals surface area contributed by atoms with Crippen LogP contribution in [0.3, 0.4) is 0 Å². The standard InChI is InChI=1S/C36H36F2N4O13S2/c1-22(43)53-30(17-41(18-33(37)38)57(48,49)26-11-12-28-32(16-26)56-21-39-28)29(15-23-5-3-2-4-6-23)40-34(44)55-31-19-52-36(27(31)13-14-51-36)20-50-35(45)54-25-9-7-24(8-10-25)42(46)47/h2-12,16,21,27,29-31,33H,13-15,17-20H2,1H3,(H,40,44)/t27-,29-,30+,31-,36+/m0/s1. The lowest BCUT2D eigenvalue weighted by molar-refractivity contribution is -0.384. The number of hydrogen-bond acceptors (Lipinski definition) is 15. The average molecular weight is 835 g/mol. The van der Waals surface area contributed by atoms with Crippen LogP contribution in [0.5, 0.6) is 5.75 Å². The maximum absolute atomic E-state index is 14.0. The normalized spacial score (nSPS) is 20.2. The molecule has 17 nitrogen and oxygen atoms in total. The summed E-state index contributed by atoms with van der Waals surface area (Å²) in [5.74, 6) is -3.01. The van der Waals surface area contributed by atoms with Gasteiger partial charge in [0.25, 0.3) is 12.1 Å². The fourth-order valence-electron chi connectivity index (χ4n) is 6.57. The highest BCUT2D eigenvalue weighted by atomic mass is 32.2. The number of amides is 1. The van der Waals surface area contributed by atoms with Crippen LogP contribution in [-0.4, -0.2) is 104 Å². The highest BCUT2D eigenvalue weighted by molar-refractivity contribution is 7.89. The van der Waals surface area contributed by atoms with Crippen molar-refractivity contribution in [2.45, 2.75) is 55.1 Å². The SMILES string of the molecule is CC(=O)O[C@H](CN(CC(F)F)S(=O)(=O)c1ccc2ncsc2c1)[C@H](Cc1ccccc1)NC(=O)O[C@H]1CO[C@@]2(COC(=O)Oc3ccc([N+](=O)[O-])cc3)OCC[C@@H]12. The number of fused-ring (bicyclic) bond motifs is 2. The highest BCUT2D eigenvalue weighted by Crippen LogP contribution is 2.43. The van der Waals surface area contributed by atoms with Crippen LogP contribution < -0.4 is 10.1 Å². The Morgan fingerprint density at radius 3 is 2.54 bits per heavy atom. The fraction of sp³-hybridized carbons (Fsp3) is 0.389. The van der Waals surface area contributed by atoms with Gasteiger partial charge in [-0.2, -0.15) is 4.31 Å². The molecule has 304 valence electrons. The van der Waals surface area contributed by atoms with Crippen molar-refractivity contribution in [1.29, 1.82) is 0 Å². The van der Waals surface area contributed by atoms with Crippen molar-refractivity contribution in [3.63, 3.8) is 0 Å². The summed E-state index contributed by atoms with van der Waals surface area (Å²) in [4.78, 5) is 52.7. The van der Waals surface area contributed by atoms with Gasteiger partial charge in [-0.05, 0) is 48.7 Å². The van der Waals surface area contributed by atoms with E-state index in [-0.39, 0.29) is 36.0 Å². The Labute approximate surface area is 327 Å². The average Bonchev–Trinajstić information content (AvgIpc) is 3.90. The van der Waals surface area contributed by atoms with E-state index in [9.17, 15) is 41.7 Å². The van der Waals surface area contributed by atoms with Gasteiger partial charge in [0.1, 0.15) is 24.6 Å². The number of nitro benzene ring substituents is 1. The fourth-order valence-corrected chi connectivity index (χ4v) is 8.81. The Hall–Kier alpha value is -5.35. The van der Waals surface area contributed by atoms with Crippen LogP contribution in [0.15, 0.2) is 83.2 Å². The molecule has 57 heavy (non-hydrogen) atoms. The minimum atomic E-state index is -4.60. The molecule has 0 radical (unpaired) electrons. The zero-order chi connectivity index (χ0) is 40.7. The number of nitro groups is 1. The van der Waals surface area contributed by atoms with Gasteiger partial charge >= 0.3 is 18.2 Å². The van der Waals surface area contributed by atoms with Crippen molar-refractivity contribution in [2.24, 2.45) is 5.92 Å². The number of nitrogens with zero attached hydrogens (tertiary/aromatic N) is 3. The number of non-ortho nitro benzene ring substituents is 1. The molecule has 0 bridgehead atoms. The van der Waals surface area contributed by atoms with Crippen molar-refractivity contribution < 1.29 is 64.9 Å². The molecule has 6 rings (SSSR count). The van der Waals surface area contributed by atoms with Crippen LogP contribution in [0, 0.1) is 16.0 Å². The number of nitrogens with one attached hydrogen (secondary N) is 1. The zero-order valence-corrected chi connectivity index (χ0v) is 31.7. The van der Waals surface area contributed by atoms with E-state index in [2.05, 4.69) is 10.3 Å². The third-order valence-corrected chi connectivity index (χ3v) is 11.8. The van der Waals surface area contributed by atoms with E-state index < -0.39 is 89.2 Å². The molecule has 21 heteroatoms. The molecule has 2 aliphatic heterocycles. The minimum Gasteiger partial charge on any atom is -0.459 e. The number of esters is 1. The largest absolute Gasteiger partial charge is 0.514 e. The monoisotopic (exact) mass is 834 g/mol. The second kappa shape index (κ2) is 17.8. The van der Waals surface area contributed by atoms with Crippen molar-refractivity contribution in [1.82, 2.24) is 14.6 Å². The minimum absolute atomic E-state index is 0.0123. The van der Waals surface area contributed by atoms with Crippen LogP contribution in [0.1, 0.15) is 18.9 Å². The summed E-state index contributed by atoms with van der Waals surface area (Å²) in [5.41, 5.74) is 2.46. The van der Waals surface area contributed by atoms with Gasteiger partial charge in [0, 0.05) is 19.1 Å². The highest BCUT2D eigenvalue weighted by Gasteiger charge is 2.57. The maximum atomic E-state index is 14.0. The van der Waals surface area contributed by atoms with Crippen LogP contribution >= 0.6 is 11.3 Å². The first kappa shape index (κ1) is 41.3. The van der Waals surface area contributed by atoms with Gasteiger partial charge in [0.15, 0.2) is 0 Å². The molecule has 0 aliphatic carbocycles. The Balaban J connectivity index is 1.17. The van der Waals surface area contributed by atoms with Gasteiger partial charge in [-0.3, -0.25) is 14.9 Å². The van der Waals surface area contributed by atoms with E-state index in [0.717, 1.165) is 19.1 Å². The summed E-state index contributed by atoms with van der Waals surface area (Å²) < 4.78 is 90.1. The summed E-state index contributed by atoms with van der Waals surface area (Å²) in [5, 5.41) is 13.5. The number of carbonyl (C=O) groups is 3. The smallest absolute Gasteiger partial charge is 0.459 e. The molecule has 0 spiro atoms. The van der Waals surface area contributed by atoms with Crippen LogP contribution in [-0.2, 0) is 44.9 Å². The summed E-state index contributed by atoms with van der Waals surface area (Å²) in [6.45, 7) is -1.42. The Morgan fingerprint density at radius 1 is 1.09 bits per heavy atom. The van der Waals surface area contributed by atoms with Gasteiger partial charge in [-0.1, -0.05) is 30.3 Å². The van der Waals surface area contributed by atoms with Gasteiger partial charge in [0.2, 0.25) is 15.8 Å². The van der Waals surface area contributed by atoms with E-state index in [0.29, 0.717) is 26.5 Å². The number of thiazole rings is 1.